The molecule has 2 aliphatic carbocycles. The van der Waals surface area contributed by atoms with E-state index in [1.807, 2.05) is 0 Å². The lowest BCUT2D eigenvalue weighted by Gasteiger charge is -2.36. The third-order valence-corrected chi connectivity index (χ3v) is 6.74. The quantitative estimate of drug-likeness (QED) is 0.347. The molecule has 10 nitrogen and oxygen atoms in total. The SMILES string of the molecule is CC(C)(C)C(=O)Nc1ccc(C(=O)N/N=C\[C@@H]2C(=O)NC(=O)N([C@H]3C[C@H]4CC[C@H]3C4)C2=O)cc1. The van der Waals surface area contributed by atoms with Gasteiger partial charge < -0.3 is 5.32 Å². The van der Waals surface area contributed by atoms with Gasteiger partial charge in [-0.05, 0) is 55.4 Å². The van der Waals surface area contributed by atoms with Crippen LogP contribution in [0.1, 0.15) is 56.8 Å². The Morgan fingerprint density at radius 3 is 2.38 bits per heavy atom. The molecule has 1 aromatic carbocycles. The first-order chi connectivity index (χ1) is 16.0. The molecule has 0 spiro atoms. The lowest BCUT2D eigenvalue weighted by molar-refractivity contribution is -0.141. The molecule has 10 heteroatoms. The molecule has 0 radical (unpaired) electrons. The van der Waals surface area contributed by atoms with E-state index >= 15 is 0 Å². The molecule has 4 rings (SSSR count). The minimum absolute atomic E-state index is 0.150. The van der Waals surface area contributed by atoms with Crippen LogP contribution in [0.2, 0.25) is 0 Å². The Balaban J connectivity index is 1.37. The van der Waals surface area contributed by atoms with E-state index in [9.17, 15) is 24.0 Å². The minimum atomic E-state index is -1.29. The van der Waals surface area contributed by atoms with Crippen LogP contribution < -0.4 is 16.1 Å². The summed E-state index contributed by atoms with van der Waals surface area (Å²) in [6.45, 7) is 5.39. The van der Waals surface area contributed by atoms with Crippen molar-refractivity contribution in [2.24, 2.45) is 28.3 Å². The van der Waals surface area contributed by atoms with E-state index in [4.69, 9.17) is 0 Å². The highest BCUT2D eigenvalue weighted by Gasteiger charge is 2.50. The maximum absolute atomic E-state index is 13.0. The summed E-state index contributed by atoms with van der Waals surface area (Å²) in [4.78, 5) is 63.2. The summed E-state index contributed by atoms with van der Waals surface area (Å²) in [6, 6.07) is 5.37. The molecule has 3 N–H and O–H groups in total. The van der Waals surface area contributed by atoms with Gasteiger partial charge in [0.25, 0.3) is 5.91 Å². The number of carbonyl (C=O) groups excluding carboxylic acids is 5. The molecule has 0 aromatic heterocycles. The number of urea groups is 1. The van der Waals surface area contributed by atoms with E-state index in [1.54, 1.807) is 32.9 Å². The Bertz CT molecular complexity index is 1060. The van der Waals surface area contributed by atoms with Crippen LogP contribution >= 0.6 is 0 Å². The summed E-state index contributed by atoms with van der Waals surface area (Å²) in [5.74, 6) is -2.55. The fraction of sp³-hybridized carbons (Fsp3) is 0.500. The van der Waals surface area contributed by atoms with Crippen molar-refractivity contribution in [1.82, 2.24) is 15.6 Å². The highest BCUT2D eigenvalue weighted by molar-refractivity contribution is 6.23. The summed E-state index contributed by atoms with van der Waals surface area (Å²) in [5, 5.41) is 8.80. The zero-order valence-corrected chi connectivity index (χ0v) is 19.5. The Hall–Kier alpha value is -3.56. The number of hydrogen-bond donors (Lipinski definition) is 3. The number of nitrogens with one attached hydrogen (secondary N) is 3. The summed E-state index contributed by atoms with van der Waals surface area (Å²) in [7, 11) is 0. The lowest BCUT2D eigenvalue weighted by atomic mass is 9.92. The van der Waals surface area contributed by atoms with Gasteiger partial charge in [-0.2, -0.15) is 5.10 Å². The van der Waals surface area contributed by atoms with Gasteiger partial charge in [-0.25, -0.2) is 10.2 Å². The van der Waals surface area contributed by atoms with Crippen molar-refractivity contribution in [3.63, 3.8) is 0 Å². The highest BCUT2D eigenvalue weighted by Crippen LogP contribution is 2.47. The summed E-state index contributed by atoms with van der Waals surface area (Å²) in [6.07, 6.45) is 4.92. The summed E-state index contributed by atoms with van der Waals surface area (Å²) >= 11 is 0. The van der Waals surface area contributed by atoms with E-state index in [1.165, 1.54) is 17.0 Å². The molecule has 0 unspecified atom stereocenters. The monoisotopic (exact) mass is 467 g/mol. The maximum Gasteiger partial charge on any atom is 0.331 e. The molecule has 180 valence electrons. The van der Waals surface area contributed by atoms with Crippen LogP contribution in [0.15, 0.2) is 29.4 Å². The Morgan fingerprint density at radius 1 is 1.09 bits per heavy atom. The molecule has 1 aliphatic heterocycles. The summed E-state index contributed by atoms with van der Waals surface area (Å²) in [5.41, 5.74) is 2.58. The molecule has 1 heterocycles. The van der Waals surface area contributed by atoms with Crippen molar-refractivity contribution >= 4 is 41.6 Å². The highest BCUT2D eigenvalue weighted by atomic mass is 16.2. The van der Waals surface area contributed by atoms with Gasteiger partial charge >= 0.3 is 6.03 Å². The Kier molecular flexibility index (Phi) is 6.24. The molecule has 34 heavy (non-hydrogen) atoms. The number of imide groups is 2. The van der Waals surface area contributed by atoms with Gasteiger partial charge in [-0.1, -0.05) is 27.2 Å². The molecule has 4 atom stereocenters. The zero-order valence-electron chi connectivity index (χ0n) is 19.5. The molecule has 6 amide bonds. The van der Waals surface area contributed by atoms with Crippen molar-refractivity contribution in [2.75, 3.05) is 5.32 Å². The average Bonchev–Trinajstić information content (AvgIpc) is 3.39. The molecule has 3 aliphatic rings. The van der Waals surface area contributed by atoms with Crippen LogP contribution in [0.25, 0.3) is 0 Å². The zero-order chi connectivity index (χ0) is 24.6. The molecule has 1 aromatic rings. The van der Waals surface area contributed by atoms with Gasteiger partial charge in [0.15, 0.2) is 5.92 Å². The second-order valence-corrected chi connectivity index (χ2v) is 10.2. The first kappa shape index (κ1) is 23.6. The summed E-state index contributed by atoms with van der Waals surface area (Å²) < 4.78 is 0. The predicted molar refractivity (Wildman–Crippen MR) is 124 cm³/mol. The van der Waals surface area contributed by atoms with Gasteiger partial charge in [0, 0.05) is 28.9 Å². The Labute approximate surface area is 197 Å². The molecule has 2 bridgehead atoms. The smallest absolute Gasteiger partial charge is 0.326 e. The van der Waals surface area contributed by atoms with Crippen molar-refractivity contribution in [1.29, 1.82) is 0 Å². The number of barbiturate groups is 1. The number of benzene rings is 1. The van der Waals surface area contributed by atoms with Gasteiger partial charge in [-0.15, -0.1) is 0 Å². The van der Waals surface area contributed by atoms with Crippen LogP contribution in [0.4, 0.5) is 10.5 Å². The van der Waals surface area contributed by atoms with Crippen LogP contribution in [0, 0.1) is 23.2 Å². The molecule has 1 saturated heterocycles. The average molecular weight is 468 g/mol. The lowest BCUT2D eigenvalue weighted by Crippen LogP contribution is -2.62. The van der Waals surface area contributed by atoms with E-state index in [2.05, 4.69) is 21.2 Å². The van der Waals surface area contributed by atoms with Gasteiger partial charge in [0.1, 0.15) is 0 Å². The maximum atomic E-state index is 13.0. The number of carbonyl (C=O) groups is 5. The second-order valence-electron chi connectivity index (χ2n) is 10.2. The number of amides is 6. The topological polar surface area (TPSA) is 137 Å². The van der Waals surface area contributed by atoms with Crippen molar-refractivity contribution in [3.8, 4) is 0 Å². The number of hydrazone groups is 1. The van der Waals surface area contributed by atoms with Crippen molar-refractivity contribution < 1.29 is 24.0 Å². The van der Waals surface area contributed by atoms with Crippen LogP contribution in [-0.4, -0.2) is 46.8 Å². The van der Waals surface area contributed by atoms with E-state index < -0.39 is 35.1 Å². The van der Waals surface area contributed by atoms with Gasteiger partial charge in [0.2, 0.25) is 17.7 Å². The third kappa shape index (κ3) is 4.71. The van der Waals surface area contributed by atoms with Crippen molar-refractivity contribution in [3.05, 3.63) is 29.8 Å². The number of nitrogens with zero attached hydrogens (tertiary/aromatic N) is 2. The number of fused-ring (bicyclic) bond motifs is 2. The molecular weight excluding hydrogens is 438 g/mol. The fourth-order valence-electron chi connectivity index (χ4n) is 4.84. The van der Waals surface area contributed by atoms with Crippen molar-refractivity contribution in [2.45, 2.75) is 52.5 Å². The van der Waals surface area contributed by atoms with E-state index in [-0.39, 0.29) is 23.4 Å². The van der Waals surface area contributed by atoms with E-state index in [0.29, 0.717) is 11.6 Å². The van der Waals surface area contributed by atoms with Crippen LogP contribution in [0.3, 0.4) is 0 Å². The number of rotatable bonds is 5. The molecule has 2 saturated carbocycles. The number of anilines is 1. The first-order valence-corrected chi connectivity index (χ1v) is 11.5. The van der Waals surface area contributed by atoms with E-state index in [0.717, 1.165) is 31.9 Å². The minimum Gasteiger partial charge on any atom is -0.326 e. The van der Waals surface area contributed by atoms with Gasteiger partial charge in [0.05, 0.1) is 0 Å². The normalized spacial score (nSPS) is 26.7. The standard InChI is InChI=1S/C24H29N5O5/c1-24(2,3)22(33)26-16-8-6-14(7-9-16)19(30)28-25-12-17-20(31)27-23(34)29(21(17)32)18-11-13-4-5-15(18)10-13/h6-9,12-13,15,17-18H,4-5,10-11H2,1-3H3,(H,26,33)(H,28,30)(H,27,31,34)/b25-12-/t13-,15-,17+,18-/m0/s1. The third-order valence-electron chi connectivity index (χ3n) is 6.74. The molecule has 3 fully saturated rings. The predicted octanol–water partition coefficient (Wildman–Crippen LogP) is 2.27. The first-order valence-electron chi connectivity index (χ1n) is 11.5. The van der Waals surface area contributed by atoms with Gasteiger partial charge in [-0.3, -0.25) is 29.4 Å². The number of hydrogen-bond acceptors (Lipinski definition) is 6. The van der Waals surface area contributed by atoms with Crippen LogP contribution in [0.5, 0.6) is 0 Å². The molecular formula is C24H29N5O5. The largest absolute Gasteiger partial charge is 0.331 e. The van der Waals surface area contributed by atoms with Crippen LogP contribution in [-0.2, 0) is 14.4 Å². The fourth-order valence-corrected chi connectivity index (χ4v) is 4.84. The second kappa shape index (κ2) is 9.00. The Morgan fingerprint density at radius 2 is 1.79 bits per heavy atom.